The summed E-state index contributed by atoms with van der Waals surface area (Å²) in [5.41, 5.74) is -0.463. The maximum absolute atomic E-state index is 12.0. The van der Waals surface area contributed by atoms with Crippen molar-refractivity contribution in [2.24, 2.45) is 0 Å². The largest absolute Gasteiger partial charge is 0.444 e. The van der Waals surface area contributed by atoms with Crippen molar-refractivity contribution in [3.63, 3.8) is 0 Å². The van der Waals surface area contributed by atoms with E-state index in [4.69, 9.17) is 4.74 Å². The van der Waals surface area contributed by atoms with Crippen molar-refractivity contribution < 1.29 is 14.3 Å². The monoisotopic (exact) mass is 255 g/mol. The van der Waals surface area contributed by atoms with Gasteiger partial charge in [-0.15, -0.1) is 0 Å². The Morgan fingerprint density at radius 3 is 2.78 bits per heavy atom. The Bertz CT molecular complexity index is 351. The van der Waals surface area contributed by atoms with Crippen LogP contribution in [0.25, 0.3) is 0 Å². The topological polar surface area (TPSA) is 61.9 Å². The first-order valence-electron chi connectivity index (χ1n) is 6.34. The van der Waals surface area contributed by atoms with Crippen molar-refractivity contribution in [1.82, 2.24) is 15.1 Å². The molecular formula is C12H21N3O3. The van der Waals surface area contributed by atoms with Gasteiger partial charge >= 0.3 is 6.09 Å². The van der Waals surface area contributed by atoms with E-state index in [-0.39, 0.29) is 18.0 Å². The van der Waals surface area contributed by atoms with Crippen LogP contribution >= 0.6 is 0 Å². The van der Waals surface area contributed by atoms with Crippen LogP contribution in [0.3, 0.4) is 0 Å². The number of hydrogen-bond donors (Lipinski definition) is 1. The first kappa shape index (κ1) is 13.1. The van der Waals surface area contributed by atoms with E-state index < -0.39 is 5.60 Å². The van der Waals surface area contributed by atoms with Crippen molar-refractivity contribution >= 4 is 12.0 Å². The smallest absolute Gasteiger partial charge is 0.410 e. The molecule has 1 unspecified atom stereocenters. The van der Waals surface area contributed by atoms with Gasteiger partial charge in [-0.1, -0.05) is 0 Å². The normalized spacial score (nSPS) is 25.4. The van der Waals surface area contributed by atoms with Crippen LogP contribution in [0.1, 0.15) is 20.8 Å². The van der Waals surface area contributed by atoms with E-state index in [0.29, 0.717) is 26.2 Å². The summed E-state index contributed by atoms with van der Waals surface area (Å²) in [5.74, 6) is 0.0666. The number of carbonyl (C=O) groups excluding carboxylic acids is 2. The van der Waals surface area contributed by atoms with Crippen LogP contribution in [0.5, 0.6) is 0 Å². The van der Waals surface area contributed by atoms with Crippen LogP contribution in [0.15, 0.2) is 0 Å². The third kappa shape index (κ3) is 3.13. The van der Waals surface area contributed by atoms with E-state index in [9.17, 15) is 9.59 Å². The van der Waals surface area contributed by atoms with E-state index in [0.717, 1.165) is 6.54 Å². The molecule has 18 heavy (non-hydrogen) atoms. The highest BCUT2D eigenvalue weighted by atomic mass is 16.6. The molecule has 0 saturated carbocycles. The predicted octanol–water partition coefficient (Wildman–Crippen LogP) is 0.0375. The maximum Gasteiger partial charge on any atom is 0.410 e. The molecule has 0 bridgehead atoms. The molecule has 2 saturated heterocycles. The minimum atomic E-state index is -0.463. The van der Waals surface area contributed by atoms with Crippen LogP contribution in [-0.4, -0.2) is 66.2 Å². The van der Waals surface area contributed by atoms with Crippen LogP contribution in [0.4, 0.5) is 4.79 Å². The van der Waals surface area contributed by atoms with E-state index in [1.807, 2.05) is 20.8 Å². The fourth-order valence-corrected chi connectivity index (χ4v) is 2.26. The molecule has 6 heteroatoms. The summed E-state index contributed by atoms with van der Waals surface area (Å²) >= 11 is 0. The molecule has 0 aromatic rings. The second-order valence-corrected chi connectivity index (χ2v) is 5.85. The molecule has 6 nitrogen and oxygen atoms in total. The van der Waals surface area contributed by atoms with Gasteiger partial charge in [0.15, 0.2) is 0 Å². The molecule has 0 radical (unpaired) electrons. The van der Waals surface area contributed by atoms with Gasteiger partial charge in [0.2, 0.25) is 5.91 Å². The van der Waals surface area contributed by atoms with Crippen LogP contribution in [0, 0.1) is 0 Å². The highest BCUT2D eigenvalue weighted by molar-refractivity contribution is 5.79. The molecule has 0 aromatic heterocycles. The van der Waals surface area contributed by atoms with Crippen molar-refractivity contribution in [1.29, 1.82) is 0 Å². The molecule has 0 aliphatic carbocycles. The average molecular weight is 255 g/mol. The lowest BCUT2D eigenvalue weighted by Gasteiger charge is -2.43. The molecule has 1 atom stereocenters. The molecule has 2 aliphatic heterocycles. The second-order valence-electron chi connectivity index (χ2n) is 5.85. The number of fused-ring (bicyclic) bond motifs is 1. The molecule has 102 valence electrons. The van der Waals surface area contributed by atoms with Crippen molar-refractivity contribution in [2.45, 2.75) is 32.4 Å². The first-order valence-corrected chi connectivity index (χ1v) is 6.34. The van der Waals surface area contributed by atoms with E-state index >= 15 is 0 Å². The lowest BCUT2D eigenvalue weighted by atomic mass is 10.1. The van der Waals surface area contributed by atoms with E-state index in [1.165, 1.54) is 0 Å². The molecule has 0 spiro atoms. The predicted molar refractivity (Wildman–Crippen MR) is 66.2 cm³/mol. The molecule has 0 aromatic carbocycles. The molecular weight excluding hydrogens is 234 g/mol. The highest BCUT2D eigenvalue weighted by Crippen LogP contribution is 2.15. The third-order valence-electron chi connectivity index (χ3n) is 3.14. The standard InChI is InChI=1S/C12H21N3O3/c1-12(2,3)18-11(17)15-5-4-14-8-10(16)13-6-9(14)7-15/h9H,4-8H2,1-3H3,(H,13,16). The Balaban J connectivity index is 1.91. The summed E-state index contributed by atoms with van der Waals surface area (Å²) in [6.45, 7) is 8.61. The van der Waals surface area contributed by atoms with Gasteiger partial charge in [0.25, 0.3) is 0 Å². The number of nitrogens with one attached hydrogen (secondary N) is 1. The quantitative estimate of drug-likeness (QED) is 0.664. The summed E-state index contributed by atoms with van der Waals surface area (Å²) in [6.07, 6.45) is -0.265. The lowest BCUT2D eigenvalue weighted by molar-refractivity contribution is -0.126. The lowest BCUT2D eigenvalue weighted by Crippen LogP contribution is -2.63. The van der Waals surface area contributed by atoms with Crippen LogP contribution in [0.2, 0.25) is 0 Å². The molecule has 2 amide bonds. The number of hydrogen-bond acceptors (Lipinski definition) is 4. The van der Waals surface area contributed by atoms with E-state index in [2.05, 4.69) is 10.2 Å². The van der Waals surface area contributed by atoms with Gasteiger partial charge in [0, 0.05) is 32.2 Å². The molecule has 2 heterocycles. The highest BCUT2D eigenvalue weighted by Gasteiger charge is 2.34. The molecule has 1 N–H and O–H groups in total. The average Bonchev–Trinajstić information content (AvgIpc) is 2.26. The Morgan fingerprint density at radius 1 is 1.39 bits per heavy atom. The Hall–Kier alpha value is -1.30. The fraction of sp³-hybridized carbons (Fsp3) is 0.833. The summed E-state index contributed by atoms with van der Waals surface area (Å²) < 4.78 is 5.36. The van der Waals surface area contributed by atoms with Gasteiger partial charge < -0.3 is 15.0 Å². The Labute approximate surface area is 107 Å². The number of amides is 2. The summed E-state index contributed by atoms with van der Waals surface area (Å²) in [4.78, 5) is 27.1. The van der Waals surface area contributed by atoms with Gasteiger partial charge in [-0.05, 0) is 20.8 Å². The van der Waals surface area contributed by atoms with Crippen LogP contribution < -0.4 is 5.32 Å². The van der Waals surface area contributed by atoms with Gasteiger partial charge in [-0.3, -0.25) is 9.69 Å². The van der Waals surface area contributed by atoms with Crippen molar-refractivity contribution in [2.75, 3.05) is 32.7 Å². The number of piperazine rings is 2. The van der Waals surface area contributed by atoms with Gasteiger partial charge in [-0.25, -0.2) is 4.79 Å². The fourth-order valence-electron chi connectivity index (χ4n) is 2.26. The number of nitrogens with zero attached hydrogens (tertiary/aromatic N) is 2. The van der Waals surface area contributed by atoms with Crippen molar-refractivity contribution in [3.8, 4) is 0 Å². The molecule has 2 rings (SSSR count). The second kappa shape index (κ2) is 4.76. The zero-order chi connectivity index (χ0) is 13.3. The SMILES string of the molecule is CC(C)(C)OC(=O)N1CCN2CC(=O)NCC2C1. The van der Waals surface area contributed by atoms with Crippen molar-refractivity contribution in [3.05, 3.63) is 0 Å². The molecule has 2 fully saturated rings. The minimum Gasteiger partial charge on any atom is -0.444 e. The Kier molecular flexibility index (Phi) is 3.47. The summed E-state index contributed by atoms with van der Waals surface area (Å²) in [6, 6.07) is 0.212. The third-order valence-corrected chi connectivity index (χ3v) is 3.14. The number of ether oxygens (including phenoxy) is 1. The number of carbonyl (C=O) groups is 2. The van der Waals surface area contributed by atoms with E-state index in [1.54, 1.807) is 4.90 Å². The maximum atomic E-state index is 12.0. The van der Waals surface area contributed by atoms with Gasteiger partial charge in [0.05, 0.1) is 6.54 Å². The zero-order valence-corrected chi connectivity index (χ0v) is 11.2. The summed E-state index contributed by atoms with van der Waals surface area (Å²) in [7, 11) is 0. The van der Waals surface area contributed by atoms with Gasteiger partial charge in [-0.2, -0.15) is 0 Å². The zero-order valence-electron chi connectivity index (χ0n) is 11.2. The summed E-state index contributed by atoms with van der Waals surface area (Å²) in [5, 5.41) is 2.83. The molecule has 2 aliphatic rings. The Morgan fingerprint density at radius 2 is 2.11 bits per heavy atom. The number of rotatable bonds is 0. The minimum absolute atomic E-state index is 0.0666. The van der Waals surface area contributed by atoms with Gasteiger partial charge in [0.1, 0.15) is 5.60 Å². The first-order chi connectivity index (χ1) is 8.35. The van der Waals surface area contributed by atoms with Crippen LogP contribution in [-0.2, 0) is 9.53 Å².